The van der Waals surface area contributed by atoms with Crippen LogP contribution in [0.3, 0.4) is 0 Å². The first-order valence-corrected chi connectivity index (χ1v) is 10.4. The van der Waals surface area contributed by atoms with Crippen molar-refractivity contribution in [3.63, 3.8) is 0 Å². The second-order valence-electron chi connectivity index (χ2n) is 7.15. The highest BCUT2D eigenvalue weighted by atomic mass is 32.2. The molecule has 0 amide bonds. The second kappa shape index (κ2) is 7.52. The molecule has 2 fully saturated rings. The summed E-state index contributed by atoms with van der Waals surface area (Å²) in [6, 6.07) is 9.66. The molecule has 2 aliphatic rings. The van der Waals surface area contributed by atoms with Crippen LogP contribution in [-0.2, 0) is 16.8 Å². The summed E-state index contributed by atoms with van der Waals surface area (Å²) in [6.45, 7) is 1.70. The van der Waals surface area contributed by atoms with Gasteiger partial charge in [-0.15, -0.1) is 0 Å². The zero-order valence-electron chi connectivity index (χ0n) is 14.2. The summed E-state index contributed by atoms with van der Waals surface area (Å²) in [5.41, 5.74) is 0.0807. The highest BCUT2D eigenvalue weighted by Crippen LogP contribution is 2.32. The van der Waals surface area contributed by atoms with Gasteiger partial charge in [0.05, 0.1) is 5.60 Å². The summed E-state index contributed by atoms with van der Waals surface area (Å²) in [7, 11) is -3.54. The van der Waals surface area contributed by atoms with Crippen molar-refractivity contribution in [1.29, 1.82) is 0 Å². The van der Waals surface area contributed by atoms with Gasteiger partial charge in [-0.3, -0.25) is 0 Å². The molecule has 1 aliphatic heterocycles. The van der Waals surface area contributed by atoms with E-state index in [4.69, 9.17) is 0 Å². The smallest absolute Gasteiger partial charge is 0.282 e. The number of piperidine rings is 1. The molecule has 0 bridgehead atoms. The molecule has 1 aliphatic carbocycles. The number of nitrogens with zero attached hydrogens (tertiary/aromatic N) is 2. The molecule has 5 nitrogen and oxygen atoms in total. The van der Waals surface area contributed by atoms with Crippen LogP contribution >= 0.6 is 0 Å². The SMILES string of the molecule is O=S(=O)(N1CCCCC1)N(Cc1ccccc1)CC1(O)CCCC1. The van der Waals surface area contributed by atoms with Crippen LogP contribution < -0.4 is 0 Å². The van der Waals surface area contributed by atoms with Crippen molar-refractivity contribution in [2.75, 3.05) is 19.6 Å². The van der Waals surface area contributed by atoms with Gasteiger partial charge in [-0.25, -0.2) is 0 Å². The van der Waals surface area contributed by atoms with Crippen LogP contribution in [0.1, 0.15) is 50.5 Å². The minimum atomic E-state index is -3.54. The van der Waals surface area contributed by atoms with Crippen LogP contribution in [0, 0.1) is 0 Å². The van der Waals surface area contributed by atoms with Crippen LogP contribution in [0.5, 0.6) is 0 Å². The standard InChI is InChI=1S/C18H28N2O3S/c21-18(11-5-6-12-18)16-20(15-17-9-3-1-4-10-17)24(22,23)19-13-7-2-8-14-19/h1,3-4,9-10,21H,2,5-8,11-16H2. The Bertz CT molecular complexity index is 621. The zero-order chi connectivity index (χ0) is 17.0. The first kappa shape index (κ1) is 17.9. The van der Waals surface area contributed by atoms with Gasteiger partial charge in [0, 0.05) is 26.2 Å². The van der Waals surface area contributed by atoms with Crippen molar-refractivity contribution < 1.29 is 13.5 Å². The van der Waals surface area contributed by atoms with Crippen LogP contribution in [0.15, 0.2) is 30.3 Å². The summed E-state index contributed by atoms with van der Waals surface area (Å²) in [6.07, 6.45) is 6.25. The van der Waals surface area contributed by atoms with Gasteiger partial charge in [0.15, 0.2) is 0 Å². The highest BCUT2D eigenvalue weighted by molar-refractivity contribution is 7.86. The fourth-order valence-electron chi connectivity index (χ4n) is 3.78. The first-order chi connectivity index (χ1) is 11.5. The molecular weight excluding hydrogens is 324 g/mol. The minimum Gasteiger partial charge on any atom is -0.389 e. The molecule has 1 heterocycles. The molecule has 0 spiro atoms. The topological polar surface area (TPSA) is 60.9 Å². The summed E-state index contributed by atoms with van der Waals surface area (Å²) < 4.78 is 29.4. The van der Waals surface area contributed by atoms with Gasteiger partial charge in [0.2, 0.25) is 0 Å². The van der Waals surface area contributed by atoms with E-state index in [-0.39, 0.29) is 6.54 Å². The third-order valence-corrected chi connectivity index (χ3v) is 7.10. The number of rotatable bonds is 6. The van der Waals surface area contributed by atoms with E-state index in [1.54, 1.807) is 4.31 Å². The quantitative estimate of drug-likeness (QED) is 0.856. The highest BCUT2D eigenvalue weighted by Gasteiger charge is 2.39. The average molecular weight is 353 g/mol. The Morgan fingerprint density at radius 1 is 1.00 bits per heavy atom. The number of hydrogen-bond acceptors (Lipinski definition) is 3. The fraction of sp³-hybridized carbons (Fsp3) is 0.667. The lowest BCUT2D eigenvalue weighted by Gasteiger charge is -2.36. The summed E-state index contributed by atoms with van der Waals surface area (Å²) in [5.74, 6) is 0. The third-order valence-electron chi connectivity index (χ3n) is 5.17. The molecule has 1 saturated carbocycles. The van der Waals surface area contributed by atoms with E-state index in [9.17, 15) is 13.5 Å². The van der Waals surface area contributed by atoms with E-state index in [1.807, 2.05) is 30.3 Å². The van der Waals surface area contributed by atoms with Crippen molar-refractivity contribution in [2.24, 2.45) is 0 Å². The molecule has 0 atom stereocenters. The van der Waals surface area contributed by atoms with E-state index in [0.717, 1.165) is 37.7 Å². The van der Waals surface area contributed by atoms with Crippen LogP contribution in [0.4, 0.5) is 0 Å². The molecule has 134 valence electrons. The predicted octanol–water partition coefficient (Wildman–Crippen LogP) is 2.52. The fourth-order valence-corrected chi connectivity index (χ4v) is 5.55. The van der Waals surface area contributed by atoms with Gasteiger partial charge in [-0.05, 0) is 31.2 Å². The maximum atomic E-state index is 13.2. The second-order valence-corrected chi connectivity index (χ2v) is 9.08. The van der Waals surface area contributed by atoms with Crippen LogP contribution in [0.25, 0.3) is 0 Å². The average Bonchev–Trinajstić information content (AvgIpc) is 3.02. The van der Waals surface area contributed by atoms with Gasteiger partial charge in [0.25, 0.3) is 10.2 Å². The Kier molecular flexibility index (Phi) is 5.59. The zero-order valence-corrected chi connectivity index (χ0v) is 15.0. The monoisotopic (exact) mass is 352 g/mol. The molecular formula is C18H28N2O3S. The molecule has 0 radical (unpaired) electrons. The molecule has 3 rings (SSSR count). The molecule has 6 heteroatoms. The summed E-state index contributed by atoms with van der Waals surface area (Å²) in [4.78, 5) is 0. The summed E-state index contributed by atoms with van der Waals surface area (Å²) >= 11 is 0. The van der Waals surface area contributed by atoms with Crippen molar-refractivity contribution in [2.45, 2.75) is 57.1 Å². The van der Waals surface area contributed by atoms with Gasteiger partial charge < -0.3 is 5.11 Å². The molecule has 1 N–H and O–H groups in total. The Morgan fingerprint density at radius 2 is 1.62 bits per heavy atom. The number of hydrogen-bond donors (Lipinski definition) is 1. The Hall–Kier alpha value is -0.950. The van der Waals surface area contributed by atoms with Gasteiger partial charge in [-0.2, -0.15) is 17.0 Å². The van der Waals surface area contributed by atoms with Crippen LogP contribution in [0.2, 0.25) is 0 Å². The largest absolute Gasteiger partial charge is 0.389 e. The van der Waals surface area contributed by atoms with Crippen LogP contribution in [-0.4, -0.2) is 47.4 Å². The predicted molar refractivity (Wildman–Crippen MR) is 94.6 cm³/mol. The lowest BCUT2D eigenvalue weighted by atomic mass is 10.0. The van der Waals surface area contributed by atoms with Crippen molar-refractivity contribution >= 4 is 10.2 Å². The third kappa shape index (κ3) is 4.17. The maximum absolute atomic E-state index is 13.2. The van der Waals surface area contributed by atoms with E-state index in [0.29, 0.717) is 32.5 Å². The van der Waals surface area contributed by atoms with E-state index in [1.165, 1.54) is 4.31 Å². The van der Waals surface area contributed by atoms with Gasteiger partial charge >= 0.3 is 0 Å². The molecule has 1 saturated heterocycles. The van der Waals surface area contributed by atoms with E-state index < -0.39 is 15.8 Å². The Balaban J connectivity index is 1.82. The Labute approximate surface area is 145 Å². The van der Waals surface area contributed by atoms with Crippen molar-refractivity contribution in [3.05, 3.63) is 35.9 Å². The summed E-state index contributed by atoms with van der Waals surface area (Å²) in [5, 5.41) is 10.8. The van der Waals surface area contributed by atoms with Gasteiger partial charge in [0.1, 0.15) is 0 Å². The first-order valence-electron chi connectivity index (χ1n) is 9.01. The lowest BCUT2D eigenvalue weighted by Crippen LogP contribution is -2.50. The van der Waals surface area contributed by atoms with Gasteiger partial charge in [-0.1, -0.05) is 49.6 Å². The lowest BCUT2D eigenvalue weighted by molar-refractivity contribution is 0.0263. The van der Waals surface area contributed by atoms with Crippen molar-refractivity contribution in [3.8, 4) is 0 Å². The Morgan fingerprint density at radius 3 is 2.25 bits per heavy atom. The molecule has 0 unspecified atom stereocenters. The molecule has 1 aromatic carbocycles. The molecule has 1 aromatic rings. The number of benzene rings is 1. The molecule has 24 heavy (non-hydrogen) atoms. The maximum Gasteiger partial charge on any atom is 0.282 e. The van der Waals surface area contributed by atoms with Crippen molar-refractivity contribution in [1.82, 2.24) is 8.61 Å². The normalized spacial score (nSPS) is 22.1. The minimum absolute atomic E-state index is 0.195. The van der Waals surface area contributed by atoms with E-state index >= 15 is 0 Å². The molecule has 0 aromatic heterocycles. The van der Waals surface area contributed by atoms with E-state index in [2.05, 4.69) is 0 Å². The number of aliphatic hydroxyl groups is 1.